The Morgan fingerprint density at radius 2 is 1.89 bits per heavy atom. The van der Waals surface area contributed by atoms with Crippen molar-refractivity contribution in [3.63, 3.8) is 0 Å². The van der Waals surface area contributed by atoms with Crippen molar-refractivity contribution in [1.29, 1.82) is 0 Å². The number of hydrogen-bond donors (Lipinski definition) is 1. The maximum atomic E-state index is 6.28. The number of aryl methyl sites for hydroxylation is 2. The number of piperazine rings is 1. The summed E-state index contributed by atoms with van der Waals surface area (Å²) in [5.74, 6) is 1.10. The maximum absolute atomic E-state index is 6.28. The minimum atomic E-state index is 0.781. The van der Waals surface area contributed by atoms with Crippen LogP contribution in [0.2, 0.25) is 5.02 Å². The van der Waals surface area contributed by atoms with Crippen molar-refractivity contribution in [3.8, 4) is 0 Å². The first-order valence-corrected chi connectivity index (χ1v) is 7.07. The molecule has 1 aliphatic heterocycles. The Hall–Kier alpha value is -1.32. The van der Waals surface area contributed by atoms with Crippen molar-refractivity contribution in [2.45, 2.75) is 13.8 Å². The number of nitrogens with one attached hydrogen (secondary N) is 1. The van der Waals surface area contributed by atoms with Crippen molar-refractivity contribution in [1.82, 2.24) is 10.3 Å². The second-order valence-electron chi connectivity index (χ2n) is 5.13. The predicted molar refractivity (Wildman–Crippen MR) is 81.3 cm³/mol. The van der Waals surface area contributed by atoms with E-state index in [0.29, 0.717) is 0 Å². The van der Waals surface area contributed by atoms with Gasteiger partial charge >= 0.3 is 0 Å². The molecule has 1 aliphatic rings. The average molecular weight is 276 g/mol. The maximum Gasteiger partial charge on any atom is 0.132 e. The van der Waals surface area contributed by atoms with Gasteiger partial charge in [0.05, 0.1) is 5.52 Å². The SMILES string of the molecule is Cc1cc2c(Cl)ccc(C)c2nc1N1CCNCC1. The van der Waals surface area contributed by atoms with Gasteiger partial charge in [0, 0.05) is 36.6 Å². The van der Waals surface area contributed by atoms with Crippen LogP contribution in [0.3, 0.4) is 0 Å². The van der Waals surface area contributed by atoms with Gasteiger partial charge in [-0.3, -0.25) is 0 Å². The number of hydrogen-bond acceptors (Lipinski definition) is 3. The first kappa shape index (κ1) is 12.7. The van der Waals surface area contributed by atoms with Crippen LogP contribution >= 0.6 is 11.6 Å². The molecule has 1 N–H and O–H groups in total. The van der Waals surface area contributed by atoms with E-state index in [1.54, 1.807) is 0 Å². The minimum Gasteiger partial charge on any atom is -0.354 e. The average Bonchev–Trinajstić information content (AvgIpc) is 2.44. The summed E-state index contributed by atoms with van der Waals surface area (Å²) < 4.78 is 0. The number of rotatable bonds is 1. The topological polar surface area (TPSA) is 28.2 Å². The highest BCUT2D eigenvalue weighted by molar-refractivity contribution is 6.35. The standard InChI is InChI=1S/C15H18ClN3/c1-10-3-4-13(16)12-9-11(2)15(18-14(10)12)19-7-5-17-6-8-19/h3-4,9,17H,5-8H2,1-2H3. The molecule has 0 unspecified atom stereocenters. The van der Waals surface area contributed by atoms with E-state index in [1.165, 1.54) is 11.1 Å². The summed E-state index contributed by atoms with van der Waals surface area (Å²) in [6.45, 7) is 8.27. The van der Waals surface area contributed by atoms with Gasteiger partial charge in [0.25, 0.3) is 0 Å². The van der Waals surface area contributed by atoms with Crippen molar-refractivity contribution in [3.05, 3.63) is 34.3 Å². The van der Waals surface area contributed by atoms with Crippen LogP contribution in [0.4, 0.5) is 5.82 Å². The second-order valence-corrected chi connectivity index (χ2v) is 5.53. The monoisotopic (exact) mass is 275 g/mol. The number of pyridine rings is 1. The third kappa shape index (κ3) is 2.28. The summed E-state index contributed by atoms with van der Waals surface area (Å²) in [5, 5.41) is 5.21. The van der Waals surface area contributed by atoms with E-state index in [2.05, 4.69) is 30.1 Å². The van der Waals surface area contributed by atoms with Crippen LogP contribution in [-0.2, 0) is 0 Å². The smallest absolute Gasteiger partial charge is 0.132 e. The number of fused-ring (bicyclic) bond motifs is 1. The van der Waals surface area contributed by atoms with Gasteiger partial charge in [-0.05, 0) is 37.1 Å². The quantitative estimate of drug-likeness (QED) is 0.867. The molecule has 0 radical (unpaired) electrons. The Balaban J connectivity index is 2.15. The number of benzene rings is 1. The lowest BCUT2D eigenvalue weighted by Gasteiger charge is -2.30. The van der Waals surface area contributed by atoms with Crippen LogP contribution < -0.4 is 10.2 Å². The zero-order valence-corrected chi connectivity index (χ0v) is 12.1. The molecule has 0 spiro atoms. The van der Waals surface area contributed by atoms with Gasteiger partial charge in [0.1, 0.15) is 5.82 Å². The molecule has 100 valence electrons. The van der Waals surface area contributed by atoms with Gasteiger partial charge in [-0.1, -0.05) is 17.7 Å². The Labute approximate surface area is 118 Å². The van der Waals surface area contributed by atoms with Gasteiger partial charge < -0.3 is 10.2 Å². The summed E-state index contributed by atoms with van der Waals surface area (Å²) >= 11 is 6.28. The summed E-state index contributed by atoms with van der Waals surface area (Å²) in [5.41, 5.74) is 3.39. The number of aromatic nitrogens is 1. The molecule has 0 bridgehead atoms. The number of nitrogens with zero attached hydrogens (tertiary/aromatic N) is 2. The molecule has 0 aliphatic carbocycles. The highest BCUT2D eigenvalue weighted by Crippen LogP contribution is 2.30. The van der Waals surface area contributed by atoms with Crippen LogP contribution in [0.15, 0.2) is 18.2 Å². The van der Waals surface area contributed by atoms with Crippen LogP contribution in [0, 0.1) is 13.8 Å². The minimum absolute atomic E-state index is 0.781. The van der Waals surface area contributed by atoms with Crippen LogP contribution in [0.25, 0.3) is 10.9 Å². The van der Waals surface area contributed by atoms with E-state index in [-0.39, 0.29) is 0 Å². The van der Waals surface area contributed by atoms with E-state index in [4.69, 9.17) is 16.6 Å². The van der Waals surface area contributed by atoms with Gasteiger partial charge in [-0.25, -0.2) is 4.98 Å². The highest BCUT2D eigenvalue weighted by atomic mass is 35.5. The van der Waals surface area contributed by atoms with Gasteiger partial charge in [-0.15, -0.1) is 0 Å². The van der Waals surface area contributed by atoms with E-state index >= 15 is 0 Å². The third-order valence-electron chi connectivity index (χ3n) is 3.71. The molecule has 0 amide bonds. The van der Waals surface area contributed by atoms with Crippen molar-refractivity contribution in [2.75, 3.05) is 31.1 Å². The summed E-state index contributed by atoms with van der Waals surface area (Å²) in [6.07, 6.45) is 0. The normalized spacial score (nSPS) is 16.1. The fourth-order valence-corrected chi connectivity index (χ4v) is 2.86. The van der Waals surface area contributed by atoms with Gasteiger partial charge in [-0.2, -0.15) is 0 Å². The summed E-state index contributed by atoms with van der Waals surface area (Å²) in [4.78, 5) is 7.23. The lowest BCUT2D eigenvalue weighted by molar-refractivity contribution is 0.584. The molecule has 1 saturated heterocycles. The van der Waals surface area contributed by atoms with Crippen molar-refractivity contribution >= 4 is 28.3 Å². The number of anilines is 1. The van der Waals surface area contributed by atoms with Crippen LogP contribution in [0.5, 0.6) is 0 Å². The summed E-state index contributed by atoms with van der Waals surface area (Å²) in [6, 6.07) is 6.15. The Bertz CT molecular complexity index is 618. The first-order chi connectivity index (χ1) is 9.16. The fraction of sp³-hybridized carbons (Fsp3) is 0.400. The van der Waals surface area contributed by atoms with Gasteiger partial charge in [0.15, 0.2) is 0 Å². The molecule has 4 heteroatoms. The lowest BCUT2D eigenvalue weighted by atomic mass is 10.1. The Kier molecular flexibility index (Phi) is 3.33. The van der Waals surface area contributed by atoms with Crippen LogP contribution in [0.1, 0.15) is 11.1 Å². The molecule has 3 nitrogen and oxygen atoms in total. The molecule has 1 fully saturated rings. The Morgan fingerprint density at radius 1 is 1.16 bits per heavy atom. The predicted octanol–water partition coefficient (Wildman–Crippen LogP) is 2.91. The Morgan fingerprint density at radius 3 is 2.63 bits per heavy atom. The molecular formula is C15H18ClN3. The third-order valence-corrected chi connectivity index (χ3v) is 4.04. The highest BCUT2D eigenvalue weighted by Gasteiger charge is 2.16. The zero-order valence-electron chi connectivity index (χ0n) is 11.3. The van der Waals surface area contributed by atoms with Crippen molar-refractivity contribution < 1.29 is 0 Å². The van der Waals surface area contributed by atoms with Gasteiger partial charge in [0.2, 0.25) is 0 Å². The molecule has 3 rings (SSSR count). The molecule has 0 atom stereocenters. The number of halogens is 1. The molecule has 1 aromatic carbocycles. The van der Waals surface area contributed by atoms with Crippen molar-refractivity contribution in [2.24, 2.45) is 0 Å². The zero-order chi connectivity index (χ0) is 13.4. The van der Waals surface area contributed by atoms with E-state index < -0.39 is 0 Å². The van der Waals surface area contributed by atoms with E-state index in [9.17, 15) is 0 Å². The second kappa shape index (κ2) is 4.99. The van der Waals surface area contributed by atoms with E-state index in [0.717, 1.165) is 47.9 Å². The van der Waals surface area contributed by atoms with Crippen LogP contribution in [-0.4, -0.2) is 31.2 Å². The molecule has 0 saturated carbocycles. The first-order valence-electron chi connectivity index (χ1n) is 6.69. The lowest BCUT2D eigenvalue weighted by Crippen LogP contribution is -2.44. The fourth-order valence-electron chi connectivity index (χ4n) is 2.65. The molecule has 1 aromatic heterocycles. The summed E-state index contributed by atoms with van der Waals surface area (Å²) in [7, 11) is 0. The molecule has 19 heavy (non-hydrogen) atoms. The molecule has 2 aromatic rings. The largest absolute Gasteiger partial charge is 0.354 e. The molecule has 2 heterocycles. The molecular weight excluding hydrogens is 258 g/mol. The van der Waals surface area contributed by atoms with E-state index in [1.807, 2.05) is 12.1 Å².